The van der Waals surface area contributed by atoms with Crippen LogP contribution in [0.1, 0.15) is 20.3 Å². The summed E-state index contributed by atoms with van der Waals surface area (Å²) < 4.78 is 15.6. The van der Waals surface area contributed by atoms with Crippen LogP contribution in [-0.4, -0.2) is 118 Å². The van der Waals surface area contributed by atoms with E-state index in [9.17, 15) is 35.7 Å². The van der Waals surface area contributed by atoms with E-state index in [2.05, 4.69) is 0 Å². The normalized spacial score (nSPS) is 33.7. The Morgan fingerprint density at radius 2 is 1.33 bits per heavy atom. The number of aliphatic hydroxyl groups is 7. The Bertz CT molecular complexity index is 409. The first-order valence-electron chi connectivity index (χ1n) is 9.08. The molecule has 9 atom stereocenters. The summed E-state index contributed by atoms with van der Waals surface area (Å²) in [5.74, 6) is 0.0991. The minimum atomic E-state index is -1.62. The Labute approximate surface area is 158 Å². The van der Waals surface area contributed by atoms with Crippen LogP contribution in [0.15, 0.2) is 0 Å². The van der Waals surface area contributed by atoms with Crippen LogP contribution in [0.5, 0.6) is 0 Å². The summed E-state index contributed by atoms with van der Waals surface area (Å²) in [7, 11) is 1.40. The van der Waals surface area contributed by atoms with Crippen molar-refractivity contribution in [1.29, 1.82) is 0 Å². The van der Waals surface area contributed by atoms with Crippen molar-refractivity contribution in [2.24, 2.45) is 5.92 Å². The van der Waals surface area contributed by atoms with E-state index in [1.54, 1.807) is 0 Å². The van der Waals surface area contributed by atoms with Gasteiger partial charge in [0, 0.05) is 7.11 Å². The number of aliphatic hydroxyl groups excluding tert-OH is 7. The molecule has 0 spiro atoms. The molecule has 0 aromatic carbocycles. The minimum Gasteiger partial charge on any atom is -0.390 e. The van der Waals surface area contributed by atoms with Gasteiger partial charge in [-0.3, -0.25) is 0 Å². The zero-order chi connectivity index (χ0) is 20.7. The topological polar surface area (TPSA) is 169 Å². The van der Waals surface area contributed by atoms with E-state index in [0.717, 1.165) is 0 Å². The maximum Gasteiger partial charge on any atom is 0.111 e. The third-order valence-corrected chi connectivity index (χ3v) is 4.56. The van der Waals surface area contributed by atoms with Crippen LogP contribution in [0.3, 0.4) is 0 Å². The minimum absolute atomic E-state index is 0.00270. The highest BCUT2D eigenvalue weighted by Crippen LogP contribution is 2.22. The molecular weight excluding hydrogens is 364 g/mol. The Balaban J connectivity index is 2.48. The summed E-state index contributed by atoms with van der Waals surface area (Å²) >= 11 is 0. The van der Waals surface area contributed by atoms with Crippen LogP contribution in [0.2, 0.25) is 0 Å². The fraction of sp³-hybridized carbons (Fsp3) is 1.00. The maximum atomic E-state index is 9.97. The molecule has 1 aliphatic rings. The highest BCUT2D eigenvalue weighted by Gasteiger charge is 2.43. The molecule has 1 heterocycles. The summed E-state index contributed by atoms with van der Waals surface area (Å²) in [5.41, 5.74) is 0. The number of methoxy groups -OCH3 is 1. The first kappa shape index (κ1) is 24.6. The lowest BCUT2D eigenvalue weighted by Gasteiger charge is -2.40. The lowest BCUT2D eigenvalue weighted by Crippen LogP contribution is -2.59. The fourth-order valence-electron chi connectivity index (χ4n) is 2.95. The van der Waals surface area contributed by atoms with Gasteiger partial charge in [0.25, 0.3) is 0 Å². The second-order valence-electron chi connectivity index (χ2n) is 7.42. The summed E-state index contributed by atoms with van der Waals surface area (Å²) in [6, 6.07) is 0. The molecule has 162 valence electrons. The highest BCUT2D eigenvalue weighted by atomic mass is 16.6. The smallest absolute Gasteiger partial charge is 0.111 e. The molecule has 0 aromatic heterocycles. The molecule has 27 heavy (non-hydrogen) atoms. The number of hydrogen-bond acceptors (Lipinski definition) is 10. The van der Waals surface area contributed by atoms with E-state index < -0.39 is 61.5 Å². The Hall–Kier alpha value is -0.400. The molecule has 0 saturated carbocycles. The van der Waals surface area contributed by atoms with Crippen LogP contribution in [0.25, 0.3) is 0 Å². The van der Waals surface area contributed by atoms with Crippen molar-refractivity contribution < 1.29 is 50.0 Å². The average molecular weight is 398 g/mol. The van der Waals surface area contributed by atoms with Crippen molar-refractivity contribution in [1.82, 2.24) is 0 Å². The first-order valence-corrected chi connectivity index (χ1v) is 9.08. The number of ether oxygens (including phenoxy) is 3. The van der Waals surface area contributed by atoms with Gasteiger partial charge in [-0.1, -0.05) is 13.8 Å². The fourth-order valence-corrected chi connectivity index (χ4v) is 2.95. The second kappa shape index (κ2) is 11.6. The van der Waals surface area contributed by atoms with Crippen LogP contribution in [0.4, 0.5) is 0 Å². The van der Waals surface area contributed by atoms with Gasteiger partial charge in [-0.15, -0.1) is 0 Å². The zero-order valence-corrected chi connectivity index (χ0v) is 16.0. The van der Waals surface area contributed by atoms with Gasteiger partial charge >= 0.3 is 0 Å². The largest absolute Gasteiger partial charge is 0.390 e. The third-order valence-electron chi connectivity index (χ3n) is 4.56. The van der Waals surface area contributed by atoms with E-state index in [1.807, 2.05) is 13.8 Å². The molecule has 0 bridgehead atoms. The summed E-state index contributed by atoms with van der Waals surface area (Å²) in [6.07, 6.45) is -11.6. The van der Waals surface area contributed by atoms with E-state index in [0.29, 0.717) is 0 Å². The van der Waals surface area contributed by atoms with Gasteiger partial charge in [0.1, 0.15) is 48.8 Å². The zero-order valence-electron chi connectivity index (χ0n) is 16.0. The average Bonchev–Trinajstić information content (AvgIpc) is 2.61. The molecular formula is C17H34O10. The van der Waals surface area contributed by atoms with Crippen molar-refractivity contribution in [3.8, 4) is 0 Å². The van der Waals surface area contributed by atoms with E-state index in [1.165, 1.54) is 7.11 Å². The van der Waals surface area contributed by atoms with Crippen molar-refractivity contribution in [2.45, 2.75) is 75.2 Å². The van der Waals surface area contributed by atoms with Crippen molar-refractivity contribution in [3.63, 3.8) is 0 Å². The summed E-state index contributed by atoms with van der Waals surface area (Å²) in [6.45, 7) is 3.06. The third kappa shape index (κ3) is 7.17. The number of rotatable bonds is 11. The lowest BCUT2D eigenvalue weighted by atomic mass is 9.95. The quantitative estimate of drug-likeness (QED) is 0.190. The molecule has 1 fully saturated rings. The van der Waals surface area contributed by atoms with Crippen LogP contribution >= 0.6 is 0 Å². The molecule has 10 heteroatoms. The Morgan fingerprint density at radius 1 is 0.815 bits per heavy atom. The van der Waals surface area contributed by atoms with Crippen molar-refractivity contribution in [3.05, 3.63) is 0 Å². The Morgan fingerprint density at radius 3 is 1.85 bits per heavy atom. The van der Waals surface area contributed by atoms with Gasteiger partial charge in [0.15, 0.2) is 0 Å². The summed E-state index contributed by atoms with van der Waals surface area (Å²) in [5, 5.41) is 69.3. The van der Waals surface area contributed by atoms with Gasteiger partial charge < -0.3 is 50.0 Å². The van der Waals surface area contributed by atoms with Gasteiger partial charge in [0.2, 0.25) is 0 Å². The van der Waals surface area contributed by atoms with Gasteiger partial charge in [-0.2, -0.15) is 0 Å². The van der Waals surface area contributed by atoms with E-state index >= 15 is 0 Å². The van der Waals surface area contributed by atoms with E-state index in [-0.39, 0.29) is 25.6 Å². The van der Waals surface area contributed by atoms with Crippen molar-refractivity contribution >= 4 is 0 Å². The monoisotopic (exact) mass is 398 g/mol. The van der Waals surface area contributed by atoms with Crippen molar-refractivity contribution in [2.75, 3.05) is 26.9 Å². The van der Waals surface area contributed by atoms with Crippen LogP contribution in [-0.2, 0) is 14.2 Å². The second-order valence-corrected chi connectivity index (χ2v) is 7.42. The molecule has 1 aliphatic heterocycles. The maximum absolute atomic E-state index is 9.97. The summed E-state index contributed by atoms with van der Waals surface area (Å²) in [4.78, 5) is 0. The van der Waals surface area contributed by atoms with Crippen LogP contribution < -0.4 is 0 Å². The molecule has 1 saturated heterocycles. The molecule has 1 rings (SSSR count). The molecule has 0 amide bonds. The van der Waals surface area contributed by atoms with Gasteiger partial charge in [-0.25, -0.2) is 0 Å². The SMILES string of the molecule is COCC1OC(COCC(O)C(O)C(O)C(O)CC(C)C)C(O)C(O)C1O. The molecule has 0 radical (unpaired) electrons. The molecule has 0 aromatic rings. The predicted molar refractivity (Wildman–Crippen MR) is 92.9 cm³/mol. The highest BCUT2D eigenvalue weighted by molar-refractivity contribution is 4.92. The van der Waals surface area contributed by atoms with Gasteiger partial charge in [-0.05, 0) is 12.3 Å². The number of hydrogen-bond donors (Lipinski definition) is 7. The lowest BCUT2D eigenvalue weighted by molar-refractivity contribution is -0.242. The predicted octanol–water partition coefficient (Wildman–Crippen LogP) is -3.01. The molecule has 10 nitrogen and oxygen atoms in total. The Kier molecular flexibility index (Phi) is 10.6. The molecule has 7 N–H and O–H groups in total. The molecule has 9 unspecified atom stereocenters. The van der Waals surface area contributed by atoms with Gasteiger partial charge in [0.05, 0.1) is 25.9 Å². The molecule has 0 aliphatic carbocycles. The van der Waals surface area contributed by atoms with Crippen LogP contribution in [0, 0.1) is 5.92 Å². The first-order chi connectivity index (χ1) is 12.6. The standard InChI is InChI=1S/C17H34O10/c1-8(2)4-9(18)13(20)14(21)10(19)5-26-7-12-16(23)17(24)15(22)11(27-12)6-25-3/h8-24H,4-7H2,1-3H3. The van der Waals surface area contributed by atoms with E-state index in [4.69, 9.17) is 14.2 Å².